The van der Waals surface area contributed by atoms with E-state index in [0.717, 1.165) is 38.5 Å². The normalized spacial score (nSPS) is 10.9. The van der Waals surface area contributed by atoms with Gasteiger partial charge in [0.25, 0.3) is 0 Å². The summed E-state index contributed by atoms with van der Waals surface area (Å²) in [7, 11) is 0. The minimum atomic E-state index is -0.316. The van der Waals surface area contributed by atoms with Crippen molar-refractivity contribution in [3.63, 3.8) is 0 Å². The Morgan fingerprint density at radius 2 is 1.29 bits per heavy atom. The Morgan fingerprint density at radius 1 is 0.794 bits per heavy atom. The van der Waals surface area contributed by atoms with Gasteiger partial charge >= 0.3 is 11.9 Å². The largest absolute Gasteiger partial charge is 0.461 e. The number of carbonyl (C=O) groups is 2. The number of nitrogens with zero attached hydrogens (tertiary/aromatic N) is 1. The van der Waals surface area contributed by atoms with Crippen LogP contribution in [0, 0.1) is 6.92 Å². The number of aromatic nitrogens is 1. The van der Waals surface area contributed by atoms with E-state index < -0.39 is 0 Å². The molecular weight excluding hydrogens is 430 g/mol. The van der Waals surface area contributed by atoms with E-state index in [4.69, 9.17) is 9.47 Å². The highest BCUT2D eigenvalue weighted by atomic mass is 16.5. The van der Waals surface area contributed by atoms with Crippen molar-refractivity contribution in [1.82, 2.24) is 4.98 Å². The van der Waals surface area contributed by atoms with Crippen LogP contribution in [-0.2, 0) is 27.5 Å². The van der Waals surface area contributed by atoms with Crippen molar-refractivity contribution >= 4 is 11.9 Å². The summed E-state index contributed by atoms with van der Waals surface area (Å²) in [6.07, 6.45) is 18.1. The lowest BCUT2D eigenvalue weighted by molar-refractivity contribution is -0.145. The minimum Gasteiger partial charge on any atom is -0.461 e. The molecule has 0 aliphatic rings. The predicted octanol–water partition coefficient (Wildman–Crippen LogP) is 7.11. The molecule has 1 aromatic rings. The van der Waals surface area contributed by atoms with E-state index in [0.29, 0.717) is 35.4 Å². The minimum absolute atomic E-state index is 0.0331. The first kappa shape index (κ1) is 30.1. The molecule has 34 heavy (non-hydrogen) atoms. The van der Waals surface area contributed by atoms with Crippen molar-refractivity contribution in [2.45, 2.75) is 137 Å². The molecule has 0 saturated carbocycles. The first-order valence-electron chi connectivity index (χ1n) is 13.5. The molecule has 1 aromatic heterocycles. The van der Waals surface area contributed by atoms with E-state index in [1.807, 2.05) is 0 Å². The highest BCUT2D eigenvalue weighted by molar-refractivity contribution is 5.73. The molecule has 0 saturated heterocycles. The second kappa shape index (κ2) is 19.4. The number of pyridine rings is 1. The molecule has 0 amide bonds. The Hall–Kier alpha value is -1.95. The summed E-state index contributed by atoms with van der Waals surface area (Å²) in [6.45, 7) is 5.85. The number of unbranched alkanes of at least 4 members (excludes halogenated alkanes) is 12. The van der Waals surface area contributed by atoms with Gasteiger partial charge < -0.3 is 14.6 Å². The lowest BCUT2D eigenvalue weighted by Gasteiger charge is -2.16. The van der Waals surface area contributed by atoms with Crippen LogP contribution in [0.2, 0.25) is 0 Å². The van der Waals surface area contributed by atoms with Crippen LogP contribution in [0.4, 0.5) is 0 Å². The van der Waals surface area contributed by atoms with Crippen LogP contribution in [0.5, 0.6) is 5.75 Å². The van der Waals surface area contributed by atoms with Crippen LogP contribution in [0.25, 0.3) is 0 Å². The van der Waals surface area contributed by atoms with E-state index in [9.17, 15) is 14.7 Å². The zero-order valence-electron chi connectivity index (χ0n) is 21.8. The maximum atomic E-state index is 12.4. The molecule has 6 nitrogen and oxygen atoms in total. The summed E-state index contributed by atoms with van der Waals surface area (Å²) in [5, 5.41) is 9.74. The number of aliphatic hydroxyl groups excluding tert-OH is 1. The molecule has 0 aromatic carbocycles. The molecule has 194 valence electrons. The number of aliphatic hydroxyl groups is 1. The molecule has 0 bridgehead atoms. The van der Waals surface area contributed by atoms with E-state index >= 15 is 0 Å². The monoisotopic (exact) mass is 477 g/mol. The number of hydrogen-bond donors (Lipinski definition) is 1. The summed E-state index contributed by atoms with van der Waals surface area (Å²) in [6, 6.07) is 0. The van der Waals surface area contributed by atoms with Crippen LogP contribution in [0.1, 0.15) is 133 Å². The highest BCUT2D eigenvalue weighted by Crippen LogP contribution is 2.27. The Labute approximate surface area is 206 Å². The summed E-state index contributed by atoms with van der Waals surface area (Å²) < 4.78 is 11.1. The average molecular weight is 478 g/mol. The Morgan fingerprint density at radius 3 is 1.82 bits per heavy atom. The van der Waals surface area contributed by atoms with E-state index in [-0.39, 0.29) is 25.2 Å². The zero-order valence-corrected chi connectivity index (χ0v) is 21.8. The van der Waals surface area contributed by atoms with Gasteiger partial charge in [0, 0.05) is 30.2 Å². The van der Waals surface area contributed by atoms with Gasteiger partial charge in [0.05, 0.1) is 12.3 Å². The number of hydrogen-bond acceptors (Lipinski definition) is 6. The second-order valence-electron chi connectivity index (χ2n) is 9.21. The molecule has 0 radical (unpaired) electrons. The van der Waals surface area contributed by atoms with Gasteiger partial charge in [-0.3, -0.25) is 14.6 Å². The van der Waals surface area contributed by atoms with Gasteiger partial charge in [-0.1, -0.05) is 90.9 Å². The Bertz CT molecular complexity index is 704. The third kappa shape index (κ3) is 13.1. The summed E-state index contributed by atoms with van der Waals surface area (Å²) in [5.41, 5.74) is 1.58. The van der Waals surface area contributed by atoms with Crippen LogP contribution in [0.15, 0.2) is 6.20 Å². The molecule has 1 N–H and O–H groups in total. The number of carbonyl (C=O) groups excluding carboxylic acids is 2. The van der Waals surface area contributed by atoms with Gasteiger partial charge in [0.2, 0.25) is 0 Å². The summed E-state index contributed by atoms with van der Waals surface area (Å²) >= 11 is 0. The second-order valence-corrected chi connectivity index (χ2v) is 9.21. The molecule has 0 spiro atoms. The van der Waals surface area contributed by atoms with Gasteiger partial charge in [0.1, 0.15) is 6.61 Å². The molecule has 0 unspecified atom stereocenters. The van der Waals surface area contributed by atoms with Crippen LogP contribution in [0.3, 0.4) is 0 Å². The maximum Gasteiger partial charge on any atom is 0.311 e. The van der Waals surface area contributed by atoms with E-state index in [1.54, 1.807) is 13.1 Å². The standard InChI is InChI=1S/C28H47NO5/c1-4-6-8-10-12-14-16-18-26(31)33-22-25-24(21-30)20-29-23(3)28(25)34-27(32)19-17-15-13-11-9-7-5-2/h20,30H,4-19,21-22H2,1-3H3. The van der Waals surface area contributed by atoms with Crippen LogP contribution >= 0.6 is 0 Å². The fraction of sp³-hybridized carbons (Fsp3) is 0.750. The summed E-state index contributed by atoms with van der Waals surface area (Å²) in [5.74, 6) is -0.278. The lowest BCUT2D eigenvalue weighted by Crippen LogP contribution is -2.14. The topological polar surface area (TPSA) is 85.7 Å². The average Bonchev–Trinajstić information content (AvgIpc) is 2.83. The molecule has 6 heteroatoms. The van der Waals surface area contributed by atoms with Gasteiger partial charge in [-0.05, 0) is 19.8 Å². The van der Waals surface area contributed by atoms with Crippen molar-refractivity contribution in [3.8, 4) is 5.75 Å². The zero-order chi connectivity index (χ0) is 25.0. The Kier molecular flexibility index (Phi) is 17.1. The van der Waals surface area contributed by atoms with Crippen molar-refractivity contribution in [2.75, 3.05) is 0 Å². The van der Waals surface area contributed by atoms with Crippen molar-refractivity contribution in [3.05, 3.63) is 23.0 Å². The molecule has 0 fully saturated rings. The van der Waals surface area contributed by atoms with Gasteiger partial charge in [0.15, 0.2) is 5.75 Å². The van der Waals surface area contributed by atoms with Gasteiger partial charge in [-0.2, -0.15) is 0 Å². The first-order valence-corrected chi connectivity index (χ1v) is 13.5. The summed E-state index contributed by atoms with van der Waals surface area (Å²) in [4.78, 5) is 28.9. The molecule has 0 aliphatic heterocycles. The van der Waals surface area contributed by atoms with Crippen LogP contribution < -0.4 is 4.74 Å². The van der Waals surface area contributed by atoms with Crippen molar-refractivity contribution < 1.29 is 24.2 Å². The molecule has 1 rings (SSSR count). The van der Waals surface area contributed by atoms with E-state index in [1.165, 1.54) is 51.4 Å². The SMILES string of the molecule is CCCCCCCCCC(=O)OCc1c(CO)cnc(C)c1OC(=O)CCCCCCCCC. The molecular formula is C28H47NO5. The fourth-order valence-corrected chi connectivity index (χ4v) is 3.95. The number of esters is 2. The van der Waals surface area contributed by atoms with Gasteiger partial charge in [-0.15, -0.1) is 0 Å². The Balaban J connectivity index is 2.51. The lowest BCUT2D eigenvalue weighted by atomic mass is 10.1. The third-order valence-corrected chi connectivity index (χ3v) is 6.14. The smallest absolute Gasteiger partial charge is 0.311 e. The molecule has 0 aliphatic carbocycles. The van der Waals surface area contributed by atoms with Crippen molar-refractivity contribution in [2.24, 2.45) is 0 Å². The maximum absolute atomic E-state index is 12.4. The number of ether oxygens (including phenoxy) is 2. The van der Waals surface area contributed by atoms with Gasteiger partial charge in [-0.25, -0.2) is 0 Å². The highest BCUT2D eigenvalue weighted by Gasteiger charge is 2.18. The number of aryl methyl sites for hydroxylation is 1. The predicted molar refractivity (Wildman–Crippen MR) is 136 cm³/mol. The van der Waals surface area contributed by atoms with E-state index in [2.05, 4.69) is 18.8 Å². The first-order chi connectivity index (χ1) is 16.5. The quantitative estimate of drug-likeness (QED) is 0.159. The molecule has 0 atom stereocenters. The fourth-order valence-electron chi connectivity index (χ4n) is 3.95. The molecule has 1 heterocycles. The number of rotatable bonds is 20. The van der Waals surface area contributed by atoms with Crippen LogP contribution in [-0.4, -0.2) is 22.0 Å². The van der Waals surface area contributed by atoms with Crippen molar-refractivity contribution in [1.29, 1.82) is 0 Å². The third-order valence-electron chi connectivity index (χ3n) is 6.14.